The van der Waals surface area contributed by atoms with E-state index in [1.165, 1.54) is 50.5 Å². The summed E-state index contributed by atoms with van der Waals surface area (Å²) in [5.74, 6) is -0.830. The molecule has 3 rings (SSSR count). The molecule has 0 spiro atoms. The number of nitro benzene ring substituents is 1. The van der Waals surface area contributed by atoms with Crippen molar-refractivity contribution in [1.82, 2.24) is 14.5 Å². The van der Waals surface area contributed by atoms with E-state index in [0.717, 1.165) is 10.4 Å². The molecule has 1 aromatic heterocycles. The Labute approximate surface area is 181 Å². The molecule has 0 aliphatic heterocycles. The molecule has 11 nitrogen and oxygen atoms in total. The fourth-order valence-electron chi connectivity index (χ4n) is 2.39. The minimum atomic E-state index is -3.77. The van der Waals surface area contributed by atoms with Gasteiger partial charge >= 0.3 is 5.97 Å². The molecule has 0 unspecified atom stereocenters. The second-order valence-corrected chi connectivity index (χ2v) is 8.87. The molecule has 0 N–H and O–H groups in total. The highest BCUT2D eigenvalue weighted by molar-refractivity contribution is 7.89. The number of non-ortho nitro benzene ring substituents is 1. The van der Waals surface area contributed by atoms with E-state index in [2.05, 4.69) is 10.2 Å². The summed E-state index contributed by atoms with van der Waals surface area (Å²) in [6.45, 7) is -0.389. The van der Waals surface area contributed by atoms with Crippen LogP contribution in [0.1, 0.15) is 16.2 Å². The molecular weight excluding hydrogens is 452 g/mol. The monoisotopic (exact) mass is 466 g/mol. The normalized spacial score (nSPS) is 11.5. The van der Waals surface area contributed by atoms with E-state index < -0.39 is 20.9 Å². The summed E-state index contributed by atoms with van der Waals surface area (Å²) < 4.78 is 36.0. The summed E-state index contributed by atoms with van der Waals surface area (Å²) in [5, 5.41) is 18.3. The largest absolute Gasteiger partial charge is 0.452 e. The number of hydrogen-bond donors (Lipinski definition) is 0. The fraction of sp³-hybridized carbons (Fsp3) is 0.167. The van der Waals surface area contributed by atoms with E-state index in [-0.39, 0.29) is 39.6 Å². The summed E-state index contributed by atoms with van der Waals surface area (Å²) in [4.78, 5) is 22.5. The summed E-state index contributed by atoms with van der Waals surface area (Å²) >= 11 is 6.01. The average Bonchev–Trinajstić information content (AvgIpc) is 3.21. The fourth-order valence-corrected chi connectivity index (χ4v) is 3.51. The maximum absolute atomic E-state index is 12.4. The van der Waals surface area contributed by atoms with Crippen LogP contribution in [-0.2, 0) is 21.4 Å². The lowest BCUT2D eigenvalue weighted by Gasteiger charge is -2.12. The molecule has 1 heterocycles. The highest BCUT2D eigenvalue weighted by Crippen LogP contribution is 2.24. The Balaban J connectivity index is 1.72. The number of rotatable bonds is 7. The standard InChI is InChI=1S/C18H15ClN4O7S/c1-22(2)31(27,28)13-7-8-15(19)14(9-13)18(24)29-10-16-20-21-17(30-16)11-3-5-12(6-4-11)23(25)26/h3-9H,10H2,1-2H3. The minimum Gasteiger partial charge on any atom is -0.452 e. The van der Waals surface area contributed by atoms with Crippen molar-refractivity contribution in [2.75, 3.05) is 14.1 Å². The first-order valence-corrected chi connectivity index (χ1v) is 10.4. The number of nitrogens with zero attached hydrogens (tertiary/aromatic N) is 4. The molecule has 13 heteroatoms. The molecule has 0 aliphatic carbocycles. The lowest BCUT2D eigenvalue weighted by Crippen LogP contribution is -2.22. The van der Waals surface area contributed by atoms with Crippen molar-refractivity contribution in [3.05, 3.63) is 69.1 Å². The van der Waals surface area contributed by atoms with E-state index >= 15 is 0 Å². The molecule has 0 saturated heterocycles. The van der Waals surface area contributed by atoms with Gasteiger partial charge in [-0.2, -0.15) is 0 Å². The van der Waals surface area contributed by atoms with Gasteiger partial charge in [0, 0.05) is 31.8 Å². The highest BCUT2D eigenvalue weighted by atomic mass is 35.5. The summed E-state index contributed by atoms with van der Waals surface area (Å²) in [6, 6.07) is 9.15. The van der Waals surface area contributed by atoms with Crippen LogP contribution in [0.2, 0.25) is 5.02 Å². The zero-order chi connectivity index (χ0) is 22.8. The van der Waals surface area contributed by atoms with Gasteiger partial charge in [0.05, 0.1) is 20.4 Å². The van der Waals surface area contributed by atoms with Crippen LogP contribution in [0.15, 0.2) is 51.8 Å². The van der Waals surface area contributed by atoms with Crippen LogP contribution in [0.3, 0.4) is 0 Å². The third-order valence-electron chi connectivity index (χ3n) is 4.05. The quantitative estimate of drug-likeness (QED) is 0.291. The Morgan fingerprint density at radius 1 is 1.19 bits per heavy atom. The molecular formula is C18H15ClN4O7S. The van der Waals surface area contributed by atoms with Crippen LogP contribution >= 0.6 is 11.6 Å². The minimum absolute atomic E-state index is 0.0137. The van der Waals surface area contributed by atoms with Crippen molar-refractivity contribution in [3.8, 4) is 11.5 Å². The van der Waals surface area contributed by atoms with Crippen molar-refractivity contribution in [1.29, 1.82) is 0 Å². The number of carbonyl (C=O) groups is 1. The van der Waals surface area contributed by atoms with Gasteiger partial charge in [0.1, 0.15) is 0 Å². The second-order valence-electron chi connectivity index (χ2n) is 6.31. The molecule has 0 fully saturated rings. The Morgan fingerprint density at radius 2 is 1.87 bits per heavy atom. The van der Waals surface area contributed by atoms with E-state index in [4.69, 9.17) is 20.8 Å². The lowest BCUT2D eigenvalue weighted by molar-refractivity contribution is -0.384. The molecule has 2 aromatic carbocycles. The van der Waals surface area contributed by atoms with Crippen molar-refractivity contribution in [2.24, 2.45) is 0 Å². The third kappa shape index (κ3) is 4.87. The Bertz CT molecular complexity index is 1240. The predicted molar refractivity (Wildman–Crippen MR) is 108 cm³/mol. The van der Waals surface area contributed by atoms with Gasteiger partial charge in [-0.15, -0.1) is 10.2 Å². The number of halogens is 1. The number of aromatic nitrogens is 2. The number of sulfonamides is 1. The maximum Gasteiger partial charge on any atom is 0.340 e. The number of hydrogen-bond acceptors (Lipinski definition) is 9. The Kier molecular flexibility index (Phi) is 6.34. The van der Waals surface area contributed by atoms with Gasteiger partial charge < -0.3 is 9.15 Å². The predicted octanol–water partition coefficient (Wildman–Crippen LogP) is 2.91. The molecule has 0 radical (unpaired) electrons. The number of esters is 1. The van der Waals surface area contributed by atoms with Gasteiger partial charge in [0.2, 0.25) is 15.9 Å². The van der Waals surface area contributed by atoms with Gasteiger partial charge in [-0.05, 0) is 30.3 Å². The third-order valence-corrected chi connectivity index (χ3v) is 6.20. The van der Waals surface area contributed by atoms with Crippen LogP contribution < -0.4 is 0 Å². The zero-order valence-corrected chi connectivity index (χ0v) is 17.8. The molecule has 0 bridgehead atoms. The first-order chi connectivity index (χ1) is 14.6. The molecule has 3 aromatic rings. The first kappa shape index (κ1) is 22.3. The maximum atomic E-state index is 12.4. The zero-order valence-electron chi connectivity index (χ0n) is 16.2. The number of ether oxygens (including phenoxy) is 1. The molecule has 0 saturated carbocycles. The van der Waals surface area contributed by atoms with Gasteiger partial charge in [0.15, 0.2) is 6.61 Å². The average molecular weight is 467 g/mol. The van der Waals surface area contributed by atoms with E-state index in [1.807, 2.05) is 0 Å². The van der Waals surface area contributed by atoms with Gasteiger partial charge in [-0.1, -0.05) is 11.6 Å². The summed E-state index contributed by atoms with van der Waals surface area (Å²) in [6.07, 6.45) is 0. The topological polar surface area (TPSA) is 146 Å². The van der Waals surface area contributed by atoms with Gasteiger partial charge in [-0.25, -0.2) is 17.5 Å². The van der Waals surface area contributed by atoms with Crippen LogP contribution in [-0.4, -0.2) is 47.9 Å². The van der Waals surface area contributed by atoms with Crippen LogP contribution in [0.25, 0.3) is 11.5 Å². The van der Waals surface area contributed by atoms with Gasteiger partial charge in [0.25, 0.3) is 11.6 Å². The Morgan fingerprint density at radius 3 is 2.48 bits per heavy atom. The Hall–Kier alpha value is -3.35. The summed E-state index contributed by atoms with van der Waals surface area (Å²) in [7, 11) is -1.05. The van der Waals surface area contributed by atoms with Gasteiger partial charge in [-0.3, -0.25) is 10.1 Å². The van der Waals surface area contributed by atoms with Crippen molar-refractivity contribution in [2.45, 2.75) is 11.5 Å². The first-order valence-electron chi connectivity index (χ1n) is 8.56. The number of carbonyl (C=O) groups excluding carboxylic acids is 1. The molecule has 162 valence electrons. The van der Waals surface area contributed by atoms with E-state index in [9.17, 15) is 23.3 Å². The number of benzene rings is 2. The SMILES string of the molecule is CN(C)S(=O)(=O)c1ccc(Cl)c(C(=O)OCc2nnc(-c3ccc([N+](=O)[O-])cc3)o2)c1. The smallest absolute Gasteiger partial charge is 0.340 e. The molecule has 0 atom stereocenters. The van der Waals surface area contributed by atoms with Crippen LogP contribution in [0.4, 0.5) is 5.69 Å². The van der Waals surface area contributed by atoms with Crippen molar-refractivity contribution in [3.63, 3.8) is 0 Å². The van der Waals surface area contributed by atoms with Crippen molar-refractivity contribution < 1.29 is 27.3 Å². The molecule has 0 aliphatic rings. The van der Waals surface area contributed by atoms with E-state index in [0.29, 0.717) is 5.56 Å². The second kappa shape index (κ2) is 8.79. The molecule has 31 heavy (non-hydrogen) atoms. The number of nitro groups is 1. The molecule has 0 amide bonds. The highest BCUT2D eigenvalue weighted by Gasteiger charge is 2.22. The van der Waals surface area contributed by atoms with Crippen molar-refractivity contribution >= 4 is 33.3 Å². The van der Waals surface area contributed by atoms with Crippen LogP contribution in [0.5, 0.6) is 0 Å². The van der Waals surface area contributed by atoms with Crippen LogP contribution in [0, 0.1) is 10.1 Å². The summed E-state index contributed by atoms with van der Waals surface area (Å²) in [5.41, 5.74) is 0.216. The van der Waals surface area contributed by atoms with E-state index in [1.54, 1.807) is 0 Å². The lowest BCUT2D eigenvalue weighted by atomic mass is 10.2.